The average molecular weight is 461 g/mol. The number of thiophene rings is 1. The molecule has 0 unspecified atom stereocenters. The first-order valence-electron chi connectivity index (χ1n) is 10.2. The molecule has 0 saturated carbocycles. The van der Waals surface area contributed by atoms with Crippen LogP contribution in [0.1, 0.15) is 35.4 Å². The number of nitrogens with zero attached hydrogens (tertiary/aromatic N) is 2. The maximum absolute atomic E-state index is 12.7. The summed E-state index contributed by atoms with van der Waals surface area (Å²) in [5.74, 6) is 0.0916. The highest BCUT2D eigenvalue weighted by Crippen LogP contribution is 2.23. The van der Waals surface area contributed by atoms with Gasteiger partial charge in [0.05, 0.1) is 9.77 Å². The van der Waals surface area contributed by atoms with Gasteiger partial charge in [0.1, 0.15) is 5.84 Å². The molecule has 2 aliphatic heterocycles. The summed E-state index contributed by atoms with van der Waals surface area (Å²) >= 11 is 1.41. The summed E-state index contributed by atoms with van der Waals surface area (Å²) in [7, 11) is -3.74. The van der Waals surface area contributed by atoms with Gasteiger partial charge in [-0.05, 0) is 48.9 Å². The van der Waals surface area contributed by atoms with E-state index in [9.17, 15) is 18.0 Å². The Morgan fingerprint density at radius 3 is 2.61 bits per heavy atom. The van der Waals surface area contributed by atoms with Crippen LogP contribution >= 0.6 is 11.3 Å². The summed E-state index contributed by atoms with van der Waals surface area (Å²) in [5.41, 5.74) is 0.429. The first-order chi connectivity index (χ1) is 14.9. The van der Waals surface area contributed by atoms with Gasteiger partial charge in [-0.3, -0.25) is 19.3 Å². The zero-order valence-electron chi connectivity index (χ0n) is 16.9. The number of amides is 2. The molecule has 2 amide bonds. The lowest BCUT2D eigenvalue weighted by Crippen LogP contribution is -2.41. The van der Waals surface area contributed by atoms with Gasteiger partial charge in [0, 0.05) is 37.7 Å². The first kappa shape index (κ1) is 21.5. The van der Waals surface area contributed by atoms with Crippen molar-refractivity contribution in [3.05, 3.63) is 46.7 Å². The standard InChI is InChI=1S/C21H24N4O4S2/c26-20(15-8-11-25(12-9-15)21(27)18-6-3-13-30-18)23-16-4-1-5-17(14-16)31(28,29)24-19-7-2-10-22-19/h1,3-6,13-15H,2,7-12H2,(H,22,24)(H,23,26). The second kappa shape index (κ2) is 9.19. The molecule has 8 nitrogen and oxygen atoms in total. The second-order valence-corrected chi connectivity index (χ2v) is 10.2. The Balaban J connectivity index is 1.35. The van der Waals surface area contributed by atoms with Crippen LogP contribution in [-0.4, -0.2) is 50.6 Å². The topological polar surface area (TPSA) is 108 Å². The van der Waals surface area contributed by atoms with Gasteiger partial charge < -0.3 is 10.2 Å². The predicted octanol–water partition coefficient (Wildman–Crippen LogP) is 2.71. The fourth-order valence-electron chi connectivity index (χ4n) is 3.72. The molecule has 0 atom stereocenters. The van der Waals surface area contributed by atoms with Crippen molar-refractivity contribution < 1.29 is 18.0 Å². The third-order valence-electron chi connectivity index (χ3n) is 5.42. The highest BCUT2D eigenvalue weighted by atomic mass is 32.2. The minimum absolute atomic E-state index is 0.00568. The highest BCUT2D eigenvalue weighted by Gasteiger charge is 2.28. The fourth-order valence-corrected chi connectivity index (χ4v) is 5.55. The number of aliphatic imine (C=N–C) groups is 1. The SMILES string of the molecule is O=C(Nc1cccc(S(=O)(=O)NC2=NCCC2)c1)C1CCN(C(=O)c2cccs2)CC1. The summed E-state index contributed by atoms with van der Waals surface area (Å²) in [6.45, 7) is 1.68. The molecule has 0 aliphatic carbocycles. The van der Waals surface area contributed by atoms with Crippen LogP contribution in [0, 0.1) is 5.92 Å². The van der Waals surface area contributed by atoms with Crippen molar-refractivity contribution in [1.29, 1.82) is 0 Å². The van der Waals surface area contributed by atoms with E-state index in [0.29, 0.717) is 55.3 Å². The molecule has 1 aromatic heterocycles. The molecule has 4 rings (SSSR count). The van der Waals surface area contributed by atoms with Crippen LogP contribution < -0.4 is 10.0 Å². The van der Waals surface area contributed by atoms with E-state index in [1.807, 2.05) is 11.4 Å². The van der Waals surface area contributed by atoms with Crippen LogP contribution in [0.25, 0.3) is 0 Å². The number of hydrogen-bond acceptors (Lipinski definition) is 6. The molecule has 10 heteroatoms. The molecule has 2 aromatic rings. The van der Waals surface area contributed by atoms with Gasteiger partial charge in [0.15, 0.2) is 0 Å². The number of nitrogens with one attached hydrogen (secondary N) is 2. The van der Waals surface area contributed by atoms with Gasteiger partial charge >= 0.3 is 0 Å². The summed E-state index contributed by atoms with van der Waals surface area (Å²) in [6, 6.07) is 9.86. The van der Waals surface area contributed by atoms with E-state index in [2.05, 4.69) is 15.0 Å². The van der Waals surface area contributed by atoms with Crippen LogP contribution in [0.15, 0.2) is 51.7 Å². The van der Waals surface area contributed by atoms with Crippen molar-refractivity contribution in [2.45, 2.75) is 30.6 Å². The summed E-state index contributed by atoms with van der Waals surface area (Å²) in [5, 5.41) is 4.70. The molecule has 2 N–H and O–H groups in total. The first-order valence-corrected chi connectivity index (χ1v) is 12.6. The molecule has 2 aliphatic rings. The number of amidine groups is 1. The van der Waals surface area contributed by atoms with Crippen molar-refractivity contribution >= 4 is 44.7 Å². The number of sulfonamides is 1. The zero-order valence-corrected chi connectivity index (χ0v) is 18.5. The van der Waals surface area contributed by atoms with Gasteiger partial charge in [-0.2, -0.15) is 0 Å². The molecule has 0 radical (unpaired) electrons. The zero-order chi connectivity index (χ0) is 21.8. The number of piperidine rings is 1. The number of hydrogen-bond donors (Lipinski definition) is 2. The number of anilines is 1. The van der Waals surface area contributed by atoms with Gasteiger partial charge in [-0.15, -0.1) is 11.3 Å². The van der Waals surface area contributed by atoms with Crippen molar-refractivity contribution in [2.24, 2.45) is 10.9 Å². The highest BCUT2D eigenvalue weighted by molar-refractivity contribution is 7.90. The number of rotatable bonds is 5. The van der Waals surface area contributed by atoms with Crippen molar-refractivity contribution in [3.8, 4) is 0 Å². The number of carbonyl (C=O) groups is 2. The van der Waals surface area contributed by atoms with Crippen molar-refractivity contribution in [3.63, 3.8) is 0 Å². The summed E-state index contributed by atoms with van der Waals surface area (Å²) < 4.78 is 27.7. The molecule has 1 aromatic carbocycles. The van der Waals surface area contributed by atoms with Gasteiger partial charge in [-0.25, -0.2) is 8.42 Å². The van der Waals surface area contributed by atoms with E-state index >= 15 is 0 Å². The third-order valence-corrected chi connectivity index (χ3v) is 7.66. The molecule has 164 valence electrons. The van der Waals surface area contributed by atoms with Crippen LogP contribution in [0.5, 0.6) is 0 Å². The molecular weight excluding hydrogens is 436 g/mol. The molecule has 1 fully saturated rings. The van der Waals surface area contributed by atoms with Crippen LogP contribution in [0.2, 0.25) is 0 Å². The minimum Gasteiger partial charge on any atom is -0.338 e. The Morgan fingerprint density at radius 2 is 1.94 bits per heavy atom. The molecule has 31 heavy (non-hydrogen) atoms. The van der Waals surface area contributed by atoms with E-state index in [1.54, 1.807) is 23.1 Å². The number of carbonyl (C=O) groups excluding carboxylic acids is 2. The van der Waals surface area contributed by atoms with Gasteiger partial charge in [0.25, 0.3) is 15.9 Å². The third kappa shape index (κ3) is 5.13. The normalized spacial score (nSPS) is 17.3. The Kier molecular flexibility index (Phi) is 6.38. The average Bonchev–Trinajstić information content (AvgIpc) is 3.48. The summed E-state index contributed by atoms with van der Waals surface area (Å²) in [4.78, 5) is 31.9. The fraction of sp³-hybridized carbons (Fsp3) is 0.381. The monoisotopic (exact) mass is 460 g/mol. The molecule has 3 heterocycles. The Morgan fingerprint density at radius 1 is 1.13 bits per heavy atom. The maximum atomic E-state index is 12.7. The smallest absolute Gasteiger partial charge is 0.263 e. The Bertz CT molecular complexity index is 1090. The van der Waals surface area contributed by atoms with Gasteiger partial charge in [0.2, 0.25) is 5.91 Å². The Hall–Kier alpha value is -2.72. The Labute approximate surface area is 185 Å². The van der Waals surface area contributed by atoms with Crippen LogP contribution in [-0.2, 0) is 14.8 Å². The lowest BCUT2D eigenvalue weighted by molar-refractivity contribution is -0.121. The van der Waals surface area contributed by atoms with Crippen LogP contribution in [0.3, 0.4) is 0 Å². The molecular formula is C21H24N4O4S2. The summed E-state index contributed by atoms with van der Waals surface area (Å²) in [6.07, 6.45) is 2.60. The lowest BCUT2D eigenvalue weighted by atomic mass is 9.95. The molecule has 0 bridgehead atoms. The van der Waals surface area contributed by atoms with Crippen molar-refractivity contribution in [2.75, 3.05) is 25.0 Å². The maximum Gasteiger partial charge on any atom is 0.263 e. The van der Waals surface area contributed by atoms with Gasteiger partial charge in [-0.1, -0.05) is 12.1 Å². The van der Waals surface area contributed by atoms with E-state index in [1.165, 1.54) is 23.5 Å². The van der Waals surface area contributed by atoms with E-state index in [-0.39, 0.29) is 22.6 Å². The number of likely N-dealkylation sites (tertiary alicyclic amines) is 1. The largest absolute Gasteiger partial charge is 0.338 e. The van der Waals surface area contributed by atoms with E-state index in [4.69, 9.17) is 0 Å². The molecule has 1 saturated heterocycles. The van der Waals surface area contributed by atoms with E-state index < -0.39 is 10.0 Å². The predicted molar refractivity (Wildman–Crippen MR) is 120 cm³/mol. The molecule has 0 spiro atoms. The quantitative estimate of drug-likeness (QED) is 0.715. The second-order valence-electron chi connectivity index (χ2n) is 7.60. The van der Waals surface area contributed by atoms with Crippen LogP contribution in [0.4, 0.5) is 5.69 Å². The van der Waals surface area contributed by atoms with E-state index in [0.717, 1.165) is 6.42 Å². The number of benzene rings is 1. The lowest BCUT2D eigenvalue weighted by Gasteiger charge is -2.31. The minimum atomic E-state index is -3.74. The van der Waals surface area contributed by atoms with Crippen molar-refractivity contribution in [1.82, 2.24) is 9.62 Å².